The molecule has 0 aliphatic carbocycles. The Bertz CT molecular complexity index is 363. The Hall–Kier alpha value is -1.21. The summed E-state index contributed by atoms with van der Waals surface area (Å²) in [6.45, 7) is 9.90. The second kappa shape index (κ2) is 5.83. The Morgan fingerprint density at radius 1 is 1.53 bits per heavy atom. The fourth-order valence-electron chi connectivity index (χ4n) is 2.22. The van der Waals surface area contributed by atoms with Crippen molar-refractivity contribution in [2.45, 2.75) is 71.2 Å². The molecule has 108 valence electrons. The first-order valence-corrected chi connectivity index (χ1v) is 6.77. The molecule has 1 aliphatic heterocycles. The van der Waals surface area contributed by atoms with Crippen LogP contribution in [0.1, 0.15) is 53.9 Å². The molecule has 0 aromatic carbocycles. The van der Waals surface area contributed by atoms with E-state index < -0.39 is 11.3 Å². The van der Waals surface area contributed by atoms with Crippen molar-refractivity contribution < 1.29 is 14.3 Å². The highest BCUT2D eigenvalue weighted by atomic mass is 16.6. The number of nitrogens with zero attached hydrogens (tertiary/aromatic N) is 1. The number of ether oxygens (including phenoxy) is 2. The third-order valence-electron chi connectivity index (χ3n) is 3.02. The minimum absolute atomic E-state index is 0.0400. The maximum absolute atomic E-state index is 12.3. The van der Waals surface area contributed by atoms with Gasteiger partial charge in [0.15, 0.2) is 0 Å². The van der Waals surface area contributed by atoms with E-state index >= 15 is 0 Å². The Kier molecular flexibility index (Phi) is 4.86. The van der Waals surface area contributed by atoms with Crippen molar-refractivity contribution in [3.8, 4) is 12.3 Å². The molecular weight excluding hydrogens is 242 g/mol. The summed E-state index contributed by atoms with van der Waals surface area (Å²) in [4.78, 5) is 14.0. The summed E-state index contributed by atoms with van der Waals surface area (Å²) in [5.74, 6) is 2.62. The Balaban J connectivity index is 2.73. The molecule has 0 unspecified atom stereocenters. The van der Waals surface area contributed by atoms with Crippen molar-refractivity contribution in [3.63, 3.8) is 0 Å². The van der Waals surface area contributed by atoms with Crippen LogP contribution < -0.4 is 0 Å². The van der Waals surface area contributed by atoms with Crippen molar-refractivity contribution in [2.24, 2.45) is 0 Å². The van der Waals surface area contributed by atoms with Crippen LogP contribution in [0, 0.1) is 12.3 Å². The van der Waals surface area contributed by atoms with Crippen LogP contribution >= 0.6 is 0 Å². The zero-order valence-electron chi connectivity index (χ0n) is 12.7. The number of carbonyl (C=O) groups is 1. The number of terminal acetylenes is 1. The van der Waals surface area contributed by atoms with Crippen molar-refractivity contribution in [2.75, 3.05) is 6.61 Å². The van der Waals surface area contributed by atoms with Crippen molar-refractivity contribution >= 4 is 6.09 Å². The van der Waals surface area contributed by atoms with Crippen LogP contribution in [0.25, 0.3) is 0 Å². The van der Waals surface area contributed by atoms with Crippen LogP contribution in [0.2, 0.25) is 0 Å². The van der Waals surface area contributed by atoms with Crippen LogP contribution in [0.5, 0.6) is 0 Å². The number of carbonyl (C=O) groups excluding carboxylic acids is 1. The lowest BCUT2D eigenvalue weighted by molar-refractivity contribution is -0.0627. The van der Waals surface area contributed by atoms with Crippen molar-refractivity contribution in [3.05, 3.63) is 0 Å². The lowest BCUT2D eigenvalue weighted by Gasteiger charge is -2.35. The fourth-order valence-corrected chi connectivity index (χ4v) is 2.22. The van der Waals surface area contributed by atoms with Gasteiger partial charge in [-0.2, -0.15) is 0 Å². The van der Waals surface area contributed by atoms with Gasteiger partial charge in [0, 0.05) is 6.42 Å². The lowest BCUT2D eigenvalue weighted by Crippen LogP contribution is -2.49. The molecule has 1 aliphatic rings. The van der Waals surface area contributed by atoms with Gasteiger partial charge in [-0.1, -0.05) is 0 Å². The molecular formula is C15H25NO3. The third kappa shape index (κ3) is 4.43. The summed E-state index contributed by atoms with van der Waals surface area (Å²) in [7, 11) is 0. The minimum atomic E-state index is -0.622. The number of hydrogen-bond acceptors (Lipinski definition) is 3. The van der Waals surface area contributed by atoms with E-state index in [2.05, 4.69) is 5.92 Å². The van der Waals surface area contributed by atoms with Gasteiger partial charge in [0.25, 0.3) is 0 Å². The zero-order valence-corrected chi connectivity index (χ0v) is 12.7. The lowest BCUT2D eigenvalue weighted by atomic mass is 10.1. The van der Waals surface area contributed by atoms with Crippen molar-refractivity contribution in [1.82, 2.24) is 4.90 Å². The molecule has 0 saturated carbocycles. The van der Waals surface area contributed by atoms with Gasteiger partial charge in [-0.05, 0) is 47.5 Å². The minimum Gasteiger partial charge on any atom is -0.444 e. The van der Waals surface area contributed by atoms with Gasteiger partial charge in [-0.15, -0.1) is 12.3 Å². The van der Waals surface area contributed by atoms with Gasteiger partial charge in [-0.25, -0.2) is 4.79 Å². The molecule has 1 fully saturated rings. The first-order valence-electron chi connectivity index (χ1n) is 6.77. The summed E-state index contributed by atoms with van der Waals surface area (Å²) in [5, 5.41) is 0. The van der Waals surface area contributed by atoms with Gasteiger partial charge in [0.2, 0.25) is 0 Å². The topological polar surface area (TPSA) is 38.8 Å². The molecule has 0 N–H and O–H groups in total. The third-order valence-corrected chi connectivity index (χ3v) is 3.02. The number of amides is 1. The average Bonchev–Trinajstić information content (AvgIpc) is 2.52. The molecule has 4 heteroatoms. The number of hydrogen-bond donors (Lipinski definition) is 0. The van der Waals surface area contributed by atoms with E-state index in [1.165, 1.54) is 0 Å². The van der Waals surface area contributed by atoms with Crippen LogP contribution in [0.4, 0.5) is 4.79 Å². The largest absolute Gasteiger partial charge is 0.444 e. The van der Waals surface area contributed by atoms with Crippen LogP contribution in [0.3, 0.4) is 0 Å². The highest BCUT2D eigenvalue weighted by molar-refractivity contribution is 5.69. The highest BCUT2D eigenvalue weighted by Crippen LogP contribution is 2.31. The number of unbranched alkanes of at least 4 members (excludes halogenated alkanes) is 1. The maximum atomic E-state index is 12.3. The second-order valence-electron chi connectivity index (χ2n) is 6.36. The highest BCUT2D eigenvalue weighted by Gasteiger charge is 2.45. The van der Waals surface area contributed by atoms with Gasteiger partial charge in [-0.3, -0.25) is 4.90 Å². The monoisotopic (exact) mass is 267 g/mol. The smallest absolute Gasteiger partial charge is 0.412 e. The van der Waals surface area contributed by atoms with E-state index in [-0.39, 0.29) is 12.1 Å². The summed E-state index contributed by atoms with van der Waals surface area (Å²) < 4.78 is 11.2. The first kappa shape index (κ1) is 15.8. The molecule has 0 aromatic heterocycles. The fraction of sp³-hybridized carbons (Fsp3) is 0.800. The molecule has 1 heterocycles. The molecule has 0 aromatic rings. The van der Waals surface area contributed by atoms with Crippen molar-refractivity contribution in [1.29, 1.82) is 0 Å². The zero-order chi connectivity index (χ0) is 14.7. The molecule has 0 radical (unpaired) electrons. The van der Waals surface area contributed by atoms with Gasteiger partial charge in [0.1, 0.15) is 11.3 Å². The van der Waals surface area contributed by atoms with Gasteiger partial charge < -0.3 is 9.47 Å². The molecule has 0 spiro atoms. The van der Waals surface area contributed by atoms with Gasteiger partial charge >= 0.3 is 6.09 Å². The molecule has 0 bridgehead atoms. The Labute approximate surface area is 116 Å². The predicted octanol–water partition coefficient (Wildman–Crippen LogP) is 3.16. The average molecular weight is 267 g/mol. The summed E-state index contributed by atoms with van der Waals surface area (Å²) in [6, 6.07) is 0.0400. The summed E-state index contributed by atoms with van der Waals surface area (Å²) >= 11 is 0. The second-order valence-corrected chi connectivity index (χ2v) is 6.36. The first-order chi connectivity index (χ1) is 8.67. The molecule has 1 amide bonds. The molecule has 1 atom stereocenters. The van der Waals surface area contributed by atoms with Crippen LogP contribution in [-0.4, -0.2) is 35.0 Å². The van der Waals surface area contributed by atoms with E-state index in [0.29, 0.717) is 6.61 Å². The van der Waals surface area contributed by atoms with Crippen LogP contribution in [0.15, 0.2) is 0 Å². The van der Waals surface area contributed by atoms with E-state index in [0.717, 1.165) is 19.3 Å². The number of rotatable bonds is 3. The summed E-state index contributed by atoms with van der Waals surface area (Å²) in [6.07, 6.45) is 7.39. The van der Waals surface area contributed by atoms with E-state index in [1.54, 1.807) is 4.90 Å². The van der Waals surface area contributed by atoms with E-state index in [9.17, 15) is 4.79 Å². The Morgan fingerprint density at radius 3 is 2.68 bits per heavy atom. The standard InChI is InChI=1S/C15H25NO3/c1-7-8-9-10-12-11-18-15(5,6)16(12)13(17)19-14(2,3)4/h1,12H,8-11H2,2-6H3/t12-/m0/s1. The summed E-state index contributed by atoms with van der Waals surface area (Å²) in [5.41, 5.74) is -1.12. The normalized spacial score (nSPS) is 22.1. The predicted molar refractivity (Wildman–Crippen MR) is 74.6 cm³/mol. The molecule has 1 rings (SSSR count). The van der Waals surface area contributed by atoms with Gasteiger partial charge in [0.05, 0.1) is 12.6 Å². The molecule has 4 nitrogen and oxygen atoms in total. The van der Waals surface area contributed by atoms with E-state index in [4.69, 9.17) is 15.9 Å². The van der Waals surface area contributed by atoms with E-state index in [1.807, 2.05) is 34.6 Å². The maximum Gasteiger partial charge on any atom is 0.412 e. The Morgan fingerprint density at radius 2 is 2.16 bits per heavy atom. The SMILES string of the molecule is C#CCCC[C@H]1COC(C)(C)N1C(=O)OC(C)(C)C. The molecule has 1 saturated heterocycles. The van der Waals surface area contributed by atoms with Crippen LogP contribution in [-0.2, 0) is 9.47 Å². The quantitative estimate of drug-likeness (QED) is 0.582. The molecule has 19 heavy (non-hydrogen) atoms.